The smallest absolute Gasteiger partial charge is 0.236 e. The first-order chi connectivity index (χ1) is 20.3. The number of aromatic nitrogens is 4. The Morgan fingerprint density at radius 2 is 1.95 bits per heavy atom. The number of aliphatic hydroxyl groups is 1. The van der Waals surface area contributed by atoms with E-state index in [0.29, 0.717) is 59.4 Å². The first-order valence-corrected chi connectivity index (χ1v) is 14.9. The standard InChI is InChI=1S/C29H32FN9O2S/c1-3-22-28(35(2)29-34-27(23(14-31)42-29)19-4-6-20(30)7-5-19)39-17-25(32-15-24(39)33-22)37-12-10-36(11-13-37)18-26(41)38-9-8-21(40)16-38/h4-7,15,17,21,40H,3,8-13,16,18H2,1-2H3. The lowest BCUT2D eigenvalue weighted by Crippen LogP contribution is -2.50. The number of likely N-dealkylation sites (tertiary alicyclic amines) is 1. The number of rotatable bonds is 7. The van der Waals surface area contributed by atoms with Gasteiger partial charge in [0.05, 0.1) is 30.7 Å². The molecule has 218 valence electrons. The molecule has 2 aliphatic heterocycles. The van der Waals surface area contributed by atoms with Crippen LogP contribution >= 0.6 is 11.3 Å². The summed E-state index contributed by atoms with van der Waals surface area (Å²) in [7, 11) is 1.91. The highest BCUT2D eigenvalue weighted by Crippen LogP contribution is 2.37. The van der Waals surface area contributed by atoms with Crippen molar-refractivity contribution in [2.75, 3.05) is 62.7 Å². The molecule has 2 saturated heterocycles. The van der Waals surface area contributed by atoms with Gasteiger partial charge in [0, 0.05) is 51.9 Å². The number of imidazole rings is 1. The summed E-state index contributed by atoms with van der Waals surface area (Å²) in [6.07, 6.45) is 4.69. The number of β-amino-alcohol motifs (C(OH)–C–C–N with tert-alkyl or cyclic N) is 1. The Kier molecular flexibility index (Phi) is 7.76. The number of hydrogen-bond acceptors (Lipinski definition) is 10. The van der Waals surface area contributed by atoms with Crippen LogP contribution in [0.5, 0.6) is 0 Å². The third-order valence-corrected chi connectivity index (χ3v) is 8.92. The number of benzene rings is 1. The molecule has 1 amide bonds. The largest absolute Gasteiger partial charge is 0.391 e. The van der Waals surface area contributed by atoms with Crippen LogP contribution in [0, 0.1) is 17.1 Å². The van der Waals surface area contributed by atoms with E-state index in [1.54, 1.807) is 23.2 Å². The molecule has 1 N–H and O–H groups in total. The molecule has 0 spiro atoms. The number of aliphatic hydroxyl groups excluding tert-OH is 1. The van der Waals surface area contributed by atoms with E-state index in [4.69, 9.17) is 15.0 Å². The molecule has 5 heterocycles. The number of anilines is 3. The maximum absolute atomic E-state index is 13.5. The molecule has 13 heteroatoms. The van der Waals surface area contributed by atoms with Crippen molar-refractivity contribution in [3.05, 3.63) is 53.0 Å². The molecule has 1 aromatic carbocycles. The van der Waals surface area contributed by atoms with Gasteiger partial charge in [0.2, 0.25) is 5.91 Å². The average molecular weight is 590 g/mol. The number of piperazine rings is 1. The average Bonchev–Trinajstić information content (AvgIpc) is 3.73. The van der Waals surface area contributed by atoms with Crippen LogP contribution in [0.25, 0.3) is 16.9 Å². The van der Waals surface area contributed by atoms with Crippen LogP contribution < -0.4 is 9.80 Å². The zero-order valence-corrected chi connectivity index (χ0v) is 24.4. The Balaban J connectivity index is 1.22. The lowest BCUT2D eigenvalue weighted by molar-refractivity contribution is -0.131. The Bertz CT molecular complexity index is 1640. The molecule has 0 saturated carbocycles. The van der Waals surface area contributed by atoms with Crippen LogP contribution in [0.2, 0.25) is 0 Å². The summed E-state index contributed by atoms with van der Waals surface area (Å²) in [6.45, 7) is 6.39. The number of nitriles is 1. The predicted molar refractivity (Wildman–Crippen MR) is 159 cm³/mol. The van der Waals surface area contributed by atoms with Gasteiger partial charge in [0.25, 0.3) is 0 Å². The number of halogens is 1. The predicted octanol–water partition coefficient (Wildman–Crippen LogP) is 2.91. The maximum Gasteiger partial charge on any atom is 0.236 e. The highest BCUT2D eigenvalue weighted by molar-refractivity contribution is 7.16. The van der Waals surface area contributed by atoms with Gasteiger partial charge in [-0.05, 0) is 37.1 Å². The van der Waals surface area contributed by atoms with Crippen molar-refractivity contribution < 1.29 is 14.3 Å². The van der Waals surface area contributed by atoms with Gasteiger partial charge in [-0.15, -0.1) is 0 Å². The van der Waals surface area contributed by atoms with Gasteiger partial charge in [-0.2, -0.15) is 5.26 Å². The number of hydrogen-bond donors (Lipinski definition) is 1. The summed E-state index contributed by atoms with van der Waals surface area (Å²) < 4.78 is 15.5. The molecule has 1 unspecified atom stereocenters. The maximum atomic E-state index is 13.5. The minimum absolute atomic E-state index is 0.0714. The first kappa shape index (κ1) is 28.0. The van der Waals surface area contributed by atoms with Gasteiger partial charge < -0.3 is 19.8 Å². The van der Waals surface area contributed by atoms with E-state index < -0.39 is 6.10 Å². The molecule has 3 aromatic heterocycles. The van der Waals surface area contributed by atoms with Crippen molar-refractivity contribution in [2.24, 2.45) is 0 Å². The monoisotopic (exact) mass is 589 g/mol. The highest BCUT2D eigenvalue weighted by atomic mass is 32.1. The zero-order chi connectivity index (χ0) is 29.4. The minimum atomic E-state index is -0.409. The number of nitrogens with zero attached hydrogens (tertiary/aromatic N) is 9. The SMILES string of the molecule is CCc1nc2cnc(N3CCN(CC(=O)N4CCC(O)C4)CC3)cn2c1N(C)c1nc(-c2ccc(F)cc2)c(C#N)s1. The second-order valence-electron chi connectivity index (χ2n) is 10.6. The fourth-order valence-corrected chi connectivity index (χ4v) is 6.40. The van der Waals surface area contributed by atoms with E-state index in [9.17, 15) is 19.6 Å². The molecule has 0 bridgehead atoms. The van der Waals surface area contributed by atoms with Crippen molar-refractivity contribution in [2.45, 2.75) is 25.9 Å². The van der Waals surface area contributed by atoms with Gasteiger partial charge in [0.1, 0.15) is 34.1 Å². The van der Waals surface area contributed by atoms with Crippen molar-refractivity contribution in [1.29, 1.82) is 5.26 Å². The summed E-state index contributed by atoms with van der Waals surface area (Å²) >= 11 is 1.28. The van der Waals surface area contributed by atoms with Gasteiger partial charge >= 0.3 is 0 Å². The molecule has 2 fully saturated rings. The molecular formula is C29H32FN9O2S. The topological polar surface area (TPSA) is 117 Å². The molecule has 2 aliphatic rings. The van der Waals surface area contributed by atoms with Gasteiger partial charge in [-0.25, -0.2) is 19.3 Å². The summed E-state index contributed by atoms with van der Waals surface area (Å²) in [6, 6.07) is 8.23. The Morgan fingerprint density at radius 1 is 1.19 bits per heavy atom. The Labute approximate surface area is 247 Å². The number of carbonyl (C=O) groups excluding carboxylic acids is 1. The Hall–Kier alpha value is -4.12. The summed E-state index contributed by atoms with van der Waals surface area (Å²) in [4.78, 5) is 35.4. The second kappa shape index (κ2) is 11.6. The molecule has 0 radical (unpaired) electrons. The number of carbonyl (C=O) groups is 1. The van der Waals surface area contributed by atoms with Gasteiger partial charge in [-0.1, -0.05) is 18.3 Å². The van der Waals surface area contributed by atoms with Crippen molar-refractivity contribution >= 4 is 39.7 Å². The van der Waals surface area contributed by atoms with Gasteiger partial charge in [0.15, 0.2) is 10.8 Å². The number of thiazole rings is 1. The van der Waals surface area contributed by atoms with Crippen LogP contribution in [0.1, 0.15) is 23.9 Å². The van der Waals surface area contributed by atoms with E-state index in [1.165, 1.54) is 23.5 Å². The van der Waals surface area contributed by atoms with Crippen LogP contribution in [-0.2, 0) is 11.2 Å². The van der Waals surface area contributed by atoms with E-state index >= 15 is 0 Å². The molecule has 0 aliphatic carbocycles. The minimum Gasteiger partial charge on any atom is -0.391 e. The fourth-order valence-electron chi connectivity index (χ4n) is 5.55. The molecule has 4 aromatic rings. The molecule has 42 heavy (non-hydrogen) atoms. The second-order valence-corrected chi connectivity index (χ2v) is 11.6. The Morgan fingerprint density at radius 3 is 2.62 bits per heavy atom. The molecule has 1 atom stereocenters. The molecule has 6 rings (SSSR count). The van der Waals surface area contributed by atoms with E-state index in [2.05, 4.69) is 15.9 Å². The van der Waals surface area contributed by atoms with E-state index in [-0.39, 0.29) is 11.7 Å². The van der Waals surface area contributed by atoms with Gasteiger partial charge in [-0.3, -0.25) is 14.1 Å². The quantitative estimate of drug-likeness (QED) is 0.347. The number of aryl methyl sites for hydroxylation is 1. The third-order valence-electron chi connectivity index (χ3n) is 7.89. The van der Waals surface area contributed by atoms with Crippen molar-refractivity contribution in [3.8, 4) is 17.3 Å². The summed E-state index contributed by atoms with van der Waals surface area (Å²) in [5, 5.41) is 20.2. The lowest BCUT2D eigenvalue weighted by atomic mass is 10.1. The molecule has 11 nitrogen and oxygen atoms in total. The highest BCUT2D eigenvalue weighted by Gasteiger charge is 2.28. The van der Waals surface area contributed by atoms with Crippen molar-refractivity contribution in [1.82, 2.24) is 29.2 Å². The number of amides is 1. The number of fused-ring (bicyclic) bond motifs is 1. The third kappa shape index (κ3) is 5.40. The van der Waals surface area contributed by atoms with E-state index in [0.717, 1.165) is 43.5 Å². The van der Waals surface area contributed by atoms with Crippen LogP contribution in [0.15, 0.2) is 36.7 Å². The summed E-state index contributed by atoms with van der Waals surface area (Å²) in [5.41, 5.74) is 2.80. The zero-order valence-electron chi connectivity index (χ0n) is 23.6. The first-order valence-electron chi connectivity index (χ1n) is 14.0. The molecular weight excluding hydrogens is 557 g/mol. The lowest BCUT2D eigenvalue weighted by Gasteiger charge is -2.35. The fraction of sp³-hybridized carbons (Fsp3) is 0.414. The van der Waals surface area contributed by atoms with Crippen LogP contribution in [-0.4, -0.2) is 99.1 Å². The summed E-state index contributed by atoms with van der Waals surface area (Å²) in [5.74, 6) is 1.39. The normalized spacial score (nSPS) is 17.6. The van der Waals surface area contributed by atoms with Crippen LogP contribution in [0.3, 0.4) is 0 Å². The van der Waals surface area contributed by atoms with Crippen molar-refractivity contribution in [3.63, 3.8) is 0 Å². The van der Waals surface area contributed by atoms with E-state index in [1.807, 2.05) is 29.5 Å². The van der Waals surface area contributed by atoms with Crippen LogP contribution in [0.4, 0.5) is 21.2 Å².